The molecular formula is C18H26FNO2. The number of carbonyl (C=O) groups excluding carboxylic acids is 1. The van der Waals surface area contributed by atoms with Crippen LogP contribution in [-0.4, -0.2) is 36.6 Å². The standard InChI is InChI=1S/C18H26FNO2/c1-3-22-18(21)14(2)17-6-4-5-12-20(17)13-11-15-7-9-16(19)10-8-15/h7-10,14,17H,3-6,11-13H2,1-2H3. The first-order valence-corrected chi connectivity index (χ1v) is 8.27. The van der Waals surface area contributed by atoms with E-state index in [2.05, 4.69) is 4.90 Å². The Morgan fingerprint density at radius 1 is 1.36 bits per heavy atom. The molecule has 1 fully saturated rings. The number of carbonyl (C=O) groups is 1. The normalized spacial score (nSPS) is 20.6. The van der Waals surface area contributed by atoms with Crippen LogP contribution in [-0.2, 0) is 16.0 Å². The summed E-state index contributed by atoms with van der Waals surface area (Å²) < 4.78 is 18.1. The Morgan fingerprint density at radius 3 is 2.77 bits per heavy atom. The van der Waals surface area contributed by atoms with E-state index in [9.17, 15) is 9.18 Å². The van der Waals surface area contributed by atoms with Gasteiger partial charge >= 0.3 is 5.97 Å². The largest absolute Gasteiger partial charge is 0.466 e. The summed E-state index contributed by atoms with van der Waals surface area (Å²) >= 11 is 0. The molecule has 0 saturated carbocycles. The Balaban J connectivity index is 1.94. The molecule has 1 aliphatic heterocycles. The van der Waals surface area contributed by atoms with Crippen LogP contribution in [0.15, 0.2) is 24.3 Å². The fourth-order valence-electron chi connectivity index (χ4n) is 3.22. The number of nitrogens with zero attached hydrogens (tertiary/aromatic N) is 1. The van der Waals surface area contributed by atoms with Crippen LogP contribution >= 0.6 is 0 Å². The smallest absolute Gasteiger partial charge is 0.310 e. The number of piperidine rings is 1. The Labute approximate surface area is 132 Å². The van der Waals surface area contributed by atoms with Crippen molar-refractivity contribution in [1.29, 1.82) is 0 Å². The van der Waals surface area contributed by atoms with E-state index in [0.717, 1.165) is 31.5 Å². The van der Waals surface area contributed by atoms with Gasteiger partial charge in [0.25, 0.3) is 0 Å². The lowest BCUT2D eigenvalue weighted by molar-refractivity contribution is -0.150. The van der Waals surface area contributed by atoms with Gasteiger partial charge in [0, 0.05) is 12.6 Å². The molecule has 1 aromatic rings. The van der Waals surface area contributed by atoms with Gasteiger partial charge in [-0.2, -0.15) is 0 Å². The van der Waals surface area contributed by atoms with Gasteiger partial charge in [-0.15, -0.1) is 0 Å². The summed E-state index contributed by atoms with van der Waals surface area (Å²) in [5.41, 5.74) is 1.13. The Hall–Kier alpha value is -1.42. The molecule has 1 aliphatic rings. The van der Waals surface area contributed by atoms with Crippen LogP contribution in [0.1, 0.15) is 38.7 Å². The topological polar surface area (TPSA) is 29.5 Å². The molecular weight excluding hydrogens is 281 g/mol. The summed E-state index contributed by atoms with van der Waals surface area (Å²) in [5.74, 6) is -0.384. The molecule has 0 aliphatic carbocycles. The summed E-state index contributed by atoms with van der Waals surface area (Å²) in [7, 11) is 0. The fraction of sp³-hybridized carbons (Fsp3) is 0.611. The molecule has 1 aromatic carbocycles. The predicted molar refractivity (Wildman–Crippen MR) is 85.1 cm³/mol. The van der Waals surface area contributed by atoms with Gasteiger partial charge in [-0.1, -0.05) is 25.5 Å². The van der Waals surface area contributed by atoms with Gasteiger partial charge in [-0.3, -0.25) is 9.69 Å². The van der Waals surface area contributed by atoms with Gasteiger partial charge in [0.1, 0.15) is 5.82 Å². The minimum absolute atomic E-state index is 0.0894. The van der Waals surface area contributed by atoms with Crippen molar-refractivity contribution in [2.75, 3.05) is 19.7 Å². The van der Waals surface area contributed by atoms with Crippen LogP contribution < -0.4 is 0 Å². The molecule has 0 spiro atoms. The molecule has 2 atom stereocenters. The van der Waals surface area contributed by atoms with Crippen LogP contribution in [0.5, 0.6) is 0 Å². The van der Waals surface area contributed by atoms with E-state index in [1.807, 2.05) is 26.0 Å². The second-order valence-corrected chi connectivity index (χ2v) is 6.02. The third kappa shape index (κ3) is 4.54. The van der Waals surface area contributed by atoms with E-state index in [0.29, 0.717) is 6.61 Å². The number of benzene rings is 1. The van der Waals surface area contributed by atoms with Gasteiger partial charge in [-0.05, 0) is 50.4 Å². The minimum Gasteiger partial charge on any atom is -0.466 e. The average molecular weight is 307 g/mol. The first-order chi connectivity index (χ1) is 10.6. The highest BCUT2D eigenvalue weighted by molar-refractivity contribution is 5.72. The number of ether oxygens (including phenoxy) is 1. The van der Waals surface area contributed by atoms with E-state index < -0.39 is 0 Å². The third-order valence-electron chi connectivity index (χ3n) is 4.50. The molecule has 0 bridgehead atoms. The van der Waals surface area contributed by atoms with E-state index in [4.69, 9.17) is 4.74 Å². The van der Waals surface area contributed by atoms with E-state index in [-0.39, 0.29) is 23.7 Å². The molecule has 0 aromatic heterocycles. The van der Waals surface area contributed by atoms with Crippen molar-refractivity contribution in [1.82, 2.24) is 4.90 Å². The summed E-state index contributed by atoms with van der Waals surface area (Å²) in [6.45, 7) is 6.18. The molecule has 4 heteroatoms. The zero-order valence-corrected chi connectivity index (χ0v) is 13.6. The molecule has 3 nitrogen and oxygen atoms in total. The first-order valence-electron chi connectivity index (χ1n) is 8.27. The van der Waals surface area contributed by atoms with Gasteiger partial charge in [-0.25, -0.2) is 4.39 Å². The molecule has 22 heavy (non-hydrogen) atoms. The Bertz CT molecular complexity index is 474. The fourth-order valence-corrected chi connectivity index (χ4v) is 3.22. The van der Waals surface area contributed by atoms with Gasteiger partial charge in [0.15, 0.2) is 0 Å². The zero-order chi connectivity index (χ0) is 15.9. The highest BCUT2D eigenvalue weighted by atomic mass is 19.1. The first kappa shape index (κ1) is 16.9. The lowest BCUT2D eigenvalue weighted by Gasteiger charge is -2.38. The lowest BCUT2D eigenvalue weighted by atomic mass is 9.91. The molecule has 2 unspecified atom stereocenters. The van der Waals surface area contributed by atoms with Crippen molar-refractivity contribution in [2.45, 2.75) is 45.6 Å². The zero-order valence-electron chi connectivity index (χ0n) is 13.6. The second-order valence-electron chi connectivity index (χ2n) is 6.02. The number of rotatable bonds is 6. The third-order valence-corrected chi connectivity index (χ3v) is 4.50. The highest BCUT2D eigenvalue weighted by Gasteiger charge is 2.31. The summed E-state index contributed by atoms with van der Waals surface area (Å²) in [6, 6.07) is 6.94. The number of hydrogen-bond acceptors (Lipinski definition) is 3. The maximum atomic E-state index is 12.9. The van der Waals surface area contributed by atoms with Gasteiger partial charge in [0.2, 0.25) is 0 Å². The van der Waals surface area contributed by atoms with Crippen molar-refractivity contribution in [2.24, 2.45) is 5.92 Å². The van der Waals surface area contributed by atoms with Crippen LogP contribution in [0.4, 0.5) is 4.39 Å². The number of esters is 1. The number of halogens is 1. The highest BCUT2D eigenvalue weighted by Crippen LogP contribution is 2.24. The van der Waals surface area contributed by atoms with Gasteiger partial charge < -0.3 is 4.74 Å². The van der Waals surface area contributed by atoms with E-state index in [1.165, 1.54) is 25.0 Å². The Kier molecular flexibility index (Phi) is 6.37. The minimum atomic E-state index is -0.199. The summed E-state index contributed by atoms with van der Waals surface area (Å²) in [5, 5.41) is 0. The monoisotopic (exact) mass is 307 g/mol. The van der Waals surface area contributed by atoms with Crippen LogP contribution in [0.25, 0.3) is 0 Å². The maximum Gasteiger partial charge on any atom is 0.310 e. The molecule has 2 rings (SSSR count). The van der Waals surface area contributed by atoms with Crippen molar-refractivity contribution in [3.63, 3.8) is 0 Å². The SMILES string of the molecule is CCOC(=O)C(C)C1CCCCN1CCc1ccc(F)cc1. The predicted octanol–water partition coefficient (Wildman–Crippen LogP) is 3.42. The van der Waals surface area contributed by atoms with Gasteiger partial charge in [0.05, 0.1) is 12.5 Å². The molecule has 0 amide bonds. The van der Waals surface area contributed by atoms with Crippen molar-refractivity contribution < 1.29 is 13.9 Å². The summed E-state index contributed by atoms with van der Waals surface area (Å²) in [4.78, 5) is 14.4. The van der Waals surface area contributed by atoms with Crippen LogP contribution in [0.2, 0.25) is 0 Å². The number of likely N-dealkylation sites (tertiary alicyclic amines) is 1. The maximum absolute atomic E-state index is 12.9. The van der Waals surface area contributed by atoms with Crippen molar-refractivity contribution >= 4 is 5.97 Å². The summed E-state index contributed by atoms with van der Waals surface area (Å²) in [6.07, 6.45) is 4.27. The second kappa shape index (κ2) is 8.28. The quantitative estimate of drug-likeness (QED) is 0.754. The average Bonchev–Trinajstić information content (AvgIpc) is 2.54. The van der Waals surface area contributed by atoms with E-state index in [1.54, 1.807) is 0 Å². The van der Waals surface area contributed by atoms with Crippen molar-refractivity contribution in [3.8, 4) is 0 Å². The molecule has 0 N–H and O–H groups in total. The lowest BCUT2D eigenvalue weighted by Crippen LogP contribution is -2.46. The van der Waals surface area contributed by atoms with E-state index >= 15 is 0 Å². The van der Waals surface area contributed by atoms with Crippen molar-refractivity contribution in [3.05, 3.63) is 35.6 Å². The molecule has 1 saturated heterocycles. The number of hydrogen-bond donors (Lipinski definition) is 0. The van der Waals surface area contributed by atoms with Crippen LogP contribution in [0.3, 0.4) is 0 Å². The molecule has 122 valence electrons. The molecule has 1 heterocycles. The van der Waals surface area contributed by atoms with Crippen LogP contribution in [0, 0.1) is 11.7 Å². The molecule has 0 radical (unpaired) electrons. The Morgan fingerprint density at radius 2 is 2.09 bits per heavy atom.